The Bertz CT molecular complexity index is 1500. The van der Waals surface area contributed by atoms with Crippen LogP contribution in [0.25, 0.3) is 0 Å². The van der Waals surface area contributed by atoms with Crippen LogP contribution in [0.15, 0.2) is 97.1 Å². The molecule has 0 fully saturated rings. The molecular weight excluding hydrogens is 560 g/mol. The third kappa shape index (κ3) is 8.66. The highest BCUT2D eigenvalue weighted by Crippen LogP contribution is 2.24. The minimum Gasteiger partial charge on any atom is -0.497 e. The number of benzene rings is 4. The van der Waals surface area contributed by atoms with E-state index in [9.17, 15) is 19.5 Å². The molecule has 0 unspecified atom stereocenters. The number of carboxylic acids is 1. The number of aliphatic carboxylic acids is 1. The number of para-hydroxylation sites is 2. The summed E-state index contributed by atoms with van der Waals surface area (Å²) in [5, 5.41) is 15.4. The van der Waals surface area contributed by atoms with E-state index >= 15 is 0 Å². The number of nitrogens with one attached hydrogen (secondary N) is 2. The van der Waals surface area contributed by atoms with Crippen LogP contribution in [0.2, 0.25) is 0 Å². The topological polar surface area (TPSA) is 143 Å². The summed E-state index contributed by atoms with van der Waals surface area (Å²) in [6.07, 6.45) is 0.200. The van der Waals surface area contributed by atoms with Crippen LogP contribution in [0.5, 0.6) is 11.5 Å². The van der Waals surface area contributed by atoms with Crippen molar-refractivity contribution in [1.29, 1.82) is 0 Å². The third-order valence-electron chi connectivity index (χ3n) is 7.06. The number of hydrogen-bond donors (Lipinski definition) is 4. The molecule has 4 rings (SSSR count). The first-order valence-electron chi connectivity index (χ1n) is 14.0. The molecule has 44 heavy (non-hydrogen) atoms. The van der Waals surface area contributed by atoms with Crippen molar-refractivity contribution in [3.05, 3.63) is 119 Å². The Morgan fingerprint density at radius 2 is 1.18 bits per heavy atom. The molecule has 0 saturated carbocycles. The maximum absolute atomic E-state index is 13.1. The molecule has 1 atom stereocenters. The summed E-state index contributed by atoms with van der Waals surface area (Å²) in [5.41, 5.74) is 9.64. The van der Waals surface area contributed by atoms with E-state index in [4.69, 9.17) is 15.2 Å². The molecule has 10 nitrogen and oxygen atoms in total. The van der Waals surface area contributed by atoms with E-state index < -0.39 is 12.0 Å². The lowest BCUT2D eigenvalue weighted by atomic mass is 10.1. The molecule has 4 aromatic rings. The number of ether oxygens (including phenoxy) is 2. The quantitative estimate of drug-likeness (QED) is 0.159. The summed E-state index contributed by atoms with van der Waals surface area (Å²) < 4.78 is 10.5. The van der Waals surface area contributed by atoms with Crippen LogP contribution in [0.4, 0.5) is 11.4 Å². The zero-order chi connectivity index (χ0) is 31.5. The Hall–Kier alpha value is -5.19. The van der Waals surface area contributed by atoms with Crippen LogP contribution < -0.4 is 25.8 Å². The van der Waals surface area contributed by atoms with Gasteiger partial charge in [-0.05, 0) is 66.1 Å². The van der Waals surface area contributed by atoms with Gasteiger partial charge < -0.3 is 30.9 Å². The number of anilines is 2. The summed E-state index contributed by atoms with van der Waals surface area (Å²) in [6.45, 7) is 1.10. The Kier molecular flexibility index (Phi) is 11.1. The second-order valence-electron chi connectivity index (χ2n) is 10.1. The van der Waals surface area contributed by atoms with Gasteiger partial charge in [-0.25, -0.2) is 0 Å². The van der Waals surface area contributed by atoms with Crippen molar-refractivity contribution >= 4 is 29.2 Å². The minimum absolute atomic E-state index is 0.200. The number of carbonyl (C=O) groups is 3. The molecule has 10 heteroatoms. The van der Waals surface area contributed by atoms with Crippen molar-refractivity contribution in [1.82, 2.24) is 4.90 Å². The van der Waals surface area contributed by atoms with Gasteiger partial charge in [0.25, 0.3) is 11.8 Å². The smallest absolute Gasteiger partial charge is 0.320 e. The van der Waals surface area contributed by atoms with Gasteiger partial charge in [-0.2, -0.15) is 0 Å². The van der Waals surface area contributed by atoms with Gasteiger partial charge >= 0.3 is 5.97 Å². The molecule has 0 bridgehead atoms. The van der Waals surface area contributed by atoms with Crippen molar-refractivity contribution in [2.24, 2.45) is 5.73 Å². The van der Waals surface area contributed by atoms with E-state index in [0.29, 0.717) is 53.6 Å². The largest absolute Gasteiger partial charge is 0.497 e. The first-order chi connectivity index (χ1) is 21.3. The first-order valence-corrected chi connectivity index (χ1v) is 14.0. The highest BCUT2D eigenvalue weighted by molar-refractivity contribution is 6.05. The lowest BCUT2D eigenvalue weighted by molar-refractivity contribution is -0.138. The van der Waals surface area contributed by atoms with Gasteiger partial charge in [0, 0.05) is 42.1 Å². The van der Waals surface area contributed by atoms with Crippen LogP contribution in [-0.4, -0.2) is 54.6 Å². The first kappa shape index (κ1) is 31.7. The molecule has 2 amide bonds. The standard InChI is InChI=1S/C34H36N4O6/c1-43-27-13-7-11-23(19-27)32(39)36-30-15-5-3-9-25(30)21-38(18-17-29(35)34(41)42)22-26-10-4-6-16-31(26)37-33(40)24-12-8-14-28(20-24)44-2/h3-16,19-20,29H,17-18,21-22,35H2,1-2H3,(H,36,39)(H,37,40)(H,41,42)/t29-/m0/s1. The van der Waals surface area contributed by atoms with Crippen molar-refractivity contribution < 1.29 is 29.0 Å². The highest BCUT2D eigenvalue weighted by Gasteiger charge is 2.19. The zero-order valence-corrected chi connectivity index (χ0v) is 24.7. The molecule has 228 valence electrons. The molecule has 0 aliphatic rings. The normalized spacial score (nSPS) is 11.5. The van der Waals surface area contributed by atoms with E-state index in [1.807, 2.05) is 53.4 Å². The number of carboxylic acid groups (broad SMARTS) is 1. The predicted molar refractivity (Wildman–Crippen MR) is 169 cm³/mol. The summed E-state index contributed by atoms with van der Waals surface area (Å²) in [5.74, 6) is -0.516. The van der Waals surface area contributed by atoms with E-state index in [-0.39, 0.29) is 18.2 Å². The van der Waals surface area contributed by atoms with Crippen molar-refractivity contribution in [3.8, 4) is 11.5 Å². The van der Waals surface area contributed by atoms with E-state index in [2.05, 4.69) is 10.6 Å². The zero-order valence-electron chi connectivity index (χ0n) is 24.7. The molecule has 0 aromatic heterocycles. The number of rotatable bonds is 14. The molecule has 0 heterocycles. The summed E-state index contributed by atoms with van der Waals surface area (Å²) in [6, 6.07) is 27.6. The Morgan fingerprint density at radius 1 is 0.727 bits per heavy atom. The fraction of sp³-hybridized carbons (Fsp3) is 0.206. The SMILES string of the molecule is COc1cccc(C(=O)Nc2ccccc2CN(CC[C@H](N)C(=O)O)Cc2ccccc2NC(=O)c2cccc(OC)c2)c1. The number of methoxy groups -OCH3 is 2. The van der Waals surface area contributed by atoms with Gasteiger partial charge in [0.05, 0.1) is 14.2 Å². The van der Waals surface area contributed by atoms with Crippen LogP contribution in [0.3, 0.4) is 0 Å². The fourth-order valence-electron chi connectivity index (χ4n) is 4.62. The molecule has 0 aliphatic heterocycles. The second kappa shape index (κ2) is 15.3. The molecular formula is C34H36N4O6. The molecule has 0 aliphatic carbocycles. The molecule has 5 N–H and O–H groups in total. The van der Waals surface area contributed by atoms with Gasteiger partial charge in [0.15, 0.2) is 0 Å². The third-order valence-corrected chi connectivity index (χ3v) is 7.06. The molecule has 0 radical (unpaired) electrons. The number of nitrogens with two attached hydrogens (primary N) is 1. The summed E-state index contributed by atoms with van der Waals surface area (Å²) in [4.78, 5) is 39.7. The number of carbonyl (C=O) groups excluding carboxylic acids is 2. The van der Waals surface area contributed by atoms with Crippen molar-refractivity contribution in [3.63, 3.8) is 0 Å². The average molecular weight is 597 g/mol. The van der Waals surface area contributed by atoms with Gasteiger partial charge in [-0.1, -0.05) is 48.5 Å². The Labute approximate surface area is 256 Å². The van der Waals surface area contributed by atoms with Crippen molar-refractivity contribution in [2.45, 2.75) is 25.6 Å². The van der Waals surface area contributed by atoms with Gasteiger partial charge in [-0.3, -0.25) is 19.3 Å². The van der Waals surface area contributed by atoms with E-state index in [1.54, 1.807) is 62.8 Å². The second-order valence-corrected chi connectivity index (χ2v) is 10.1. The lowest BCUT2D eigenvalue weighted by Crippen LogP contribution is -2.35. The Balaban J connectivity index is 1.57. The Morgan fingerprint density at radius 3 is 1.61 bits per heavy atom. The monoisotopic (exact) mass is 596 g/mol. The molecule has 4 aromatic carbocycles. The number of amides is 2. The molecule has 0 spiro atoms. The van der Waals surface area contributed by atoms with Crippen LogP contribution >= 0.6 is 0 Å². The summed E-state index contributed by atoms with van der Waals surface area (Å²) in [7, 11) is 3.08. The number of hydrogen-bond acceptors (Lipinski definition) is 7. The van der Waals surface area contributed by atoms with Gasteiger partial charge in [-0.15, -0.1) is 0 Å². The maximum Gasteiger partial charge on any atom is 0.320 e. The van der Waals surface area contributed by atoms with Crippen LogP contribution in [-0.2, 0) is 17.9 Å². The fourth-order valence-corrected chi connectivity index (χ4v) is 4.62. The van der Waals surface area contributed by atoms with Crippen LogP contribution in [0.1, 0.15) is 38.3 Å². The van der Waals surface area contributed by atoms with E-state index in [0.717, 1.165) is 11.1 Å². The molecule has 0 saturated heterocycles. The number of nitrogens with zero attached hydrogens (tertiary/aromatic N) is 1. The average Bonchev–Trinajstić information content (AvgIpc) is 3.05. The van der Waals surface area contributed by atoms with Gasteiger partial charge in [0.1, 0.15) is 17.5 Å². The van der Waals surface area contributed by atoms with Crippen molar-refractivity contribution in [2.75, 3.05) is 31.4 Å². The van der Waals surface area contributed by atoms with Gasteiger partial charge in [0.2, 0.25) is 0 Å². The predicted octanol–water partition coefficient (Wildman–Crippen LogP) is 5.01. The highest BCUT2D eigenvalue weighted by atomic mass is 16.5. The maximum atomic E-state index is 13.1. The lowest BCUT2D eigenvalue weighted by Gasteiger charge is -2.26. The van der Waals surface area contributed by atoms with Crippen LogP contribution in [0, 0.1) is 0 Å². The minimum atomic E-state index is -1.08. The summed E-state index contributed by atoms with van der Waals surface area (Å²) >= 11 is 0. The van der Waals surface area contributed by atoms with E-state index in [1.165, 1.54) is 0 Å².